The van der Waals surface area contributed by atoms with Gasteiger partial charge in [0.15, 0.2) is 23.9 Å². The van der Waals surface area contributed by atoms with Gasteiger partial charge in [0, 0.05) is 11.1 Å². The van der Waals surface area contributed by atoms with Crippen LogP contribution in [0, 0.1) is 0 Å². The van der Waals surface area contributed by atoms with E-state index in [4.69, 9.17) is 23.7 Å². The van der Waals surface area contributed by atoms with Crippen LogP contribution in [0.1, 0.15) is 58.0 Å². The third-order valence-electron chi connectivity index (χ3n) is 5.85. The second-order valence-electron chi connectivity index (χ2n) is 8.68. The highest BCUT2D eigenvalue weighted by molar-refractivity contribution is 6.10. The molecule has 0 atom stereocenters. The highest BCUT2D eigenvalue weighted by atomic mass is 16.6. The van der Waals surface area contributed by atoms with Crippen LogP contribution in [0.25, 0.3) is 6.08 Å². The van der Waals surface area contributed by atoms with Crippen molar-refractivity contribution in [1.82, 2.24) is 0 Å². The first kappa shape index (κ1) is 30.0. The molecule has 3 rings (SSSR count). The molecule has 210 valence electrons. The summed E-state index contributed by atoms with van der Waals surface area (Å²) in [4.78, 5) is 36.9. The molecule has 0 saturated heterocycles. The fourth-order valence-corrected chi connectivity index (χ4v) is 3.77. The van der Waals surface area contributed by atoms with E-state index < -0.39 is 11.9 Å². The minimum absolute atomic E-state index is 0.230. The molecular weight excluding hydrogens is 512 g/mol. The Morgan fingerprint density at radius 2 is 1.55 bits per heavy atom. The van der Waals surface area contributed by atoms with Gasteiger partial charge in [-0.15, -0.1) is 0 Å². The fourth-order valence-electron chi connectivity index (χ4n) is 3.77. The van der Waals surface area contributed by atoms with Crippen LogP contribution in [0.15, 0.2) is 72.8 Å². The molecule has 0 unspecified atom stereocenters. The SMILES string of the molecule is CCOC(=O)COc1cc(C(=O)c2cccc(C(=O)OC)c2)ccc1OCCCC/C=C/c1ccc(OC)cc1. The molecule has 40 heavy (non-hydrogen) atoms. The van der Waals surface area contributed by atoms with Crippen LogP contribution in [0.5, 0.6) is 17.2 Å². The minimum Gasteiger partial charge on any atom is -0.497 e. The average molecular weight is 547 g/mol. The maximum atomic E-state index is 13.2. The predicted octanol–water partition coefficient (Wildman–Crippen LogP) is 5.92. The van der Waals surface area contributed by atoms with Gasteiger partial charge in [-0.05, 0) is 74.2 Å². The monoisotopic (exact) mass is 546 g/mol. The van der Waals surface area contributed by atoms with Gasteiger partial charge < -0.3 is 23.7 Å². The van der Waals surface area contributed by atoms with Crippen LogP contribution < -0.4 is 14.2 Å². The summed E-state index contributed by atoms with van der Waals surface area (Å²) in [6, 6.07) is 18.9. The lowest BCUT2D eigenvalue weighted by atomic mass is 10.0. The van der Waals surface area contributed by atoms with E-state index in [2.05, 4.69) is 12.2 Å². The standard InChI is InChI=1S/C32H34O8/c1-4-38-30(33)22-40-29-21-25(31(34)24-11-9-12-26(20-24)32(35)37-3)15-18-28(29)39-19-8-6-5-7-10-23-13-16-27(36-2)17-14-23/h7,9-18,20-21H,4-6,8,19,22H2,1-3H3/b10-7+. The van der Waals surface area contributed by atoms with E-state index in [0.717, 1.165) is 30.6 Å². The number of esters is 2. The van der Waals surface area contributed by atoms with Crippen LogP contribution >= 0.6 is 0 Å². The van der Waals surface area contributed by atoms with E-state index >= 15 is 0 Å². The van der Waals surface area contributed by atoms with Crippen LogP contribution in [-0.4, -0.2) is 51.8 Å². The minimum atomic E-state index is -0.534. The van der Waals surface area contributed by atoms with Crippen LogP contribution in [-0.2, 0) is 14.3 Å². The number of benzene rings is 3. The van der Waals surface area contributed by atoms with Crippen molar-refractivity contribution in [3.8, 4) is 17.2 Å². The summed E-state index contributed by atoms with van der Waals surface area (Å²) >= 11 is 0. The number of carbonyl (C=O) groups is 3. The molecule has 0 radical (unpaired) electrons. The van der Waals surface area contributed by atoms with Gasteiger partial charge in [0.2, 0.25) is 0 Å². The van der Waals surface area contributed by atoms with Crippen molar-refractivity contribution in [3.63, 3.8) is 0 Å². The molecule has 0 aliphatic heterocycles. The number of allylic oxidation sites excluding steroid dienone is 1. The molecule has 8 heteroatoms. The summed E-state index contributed by atoms with van der Waals surface area (Å²) in [6.45, 7) is 2.05. The fraction of sp³-hybridized carbons (Fsp3) is 0.281. The van der Waals surface area contributed by atoms with Crippen LogP contribution in [0.3, 0.4) is 0 Å². The Morgan fingerprint density at radius 1 is 0.800 bits per heavy atom. The predicted molar refractivity (Wildman–Crippen MR) is 151 cm³/mol. The normalized spacial score (nSPS) is 10.7. The second-order valence-corrected chi connectivity index (χ2v) is 8.68. The summed E-state index contributed by atoms with van der Waals surface area (Å²) in [5, 5.41) is 0. The van der Waals surface area contributed by atoms with Gasteiger partial charge in [-0.3, -0.25) is 4.79 Å². The van der Waals surface area contributed by atoms with Crippen LogP contribution in [0.4, 0.5) is 0 Å². The Balaban J connectivity index is 1.62. The molecule has 8 nitrogen and oxygen atoms in total. The number of carbonyl (C=O) groups excluding carboxylic acids is 3. The largest absolute Gasteiger partial charge is 0.497 e. The molecule has 0 aromatic heterocycles. The van der Waals surface area contributed by atoms with Crippen molar-refractivity contribution in [1.29, 1.82) is 0 Å². The lowest BCUT2D eigenvalue weighted by molar-refractivity contribution is -0.145. The van der Waals surface area contributed by atoms with Gasteiger partial charge in [-0.25, -0.2) is 9.59 Å². The smallest absolute Gasteiger partial charge is 0.344 e. The Morgan fingerprint density at radius 3 is 2.27 bits per heavy atom. The Labute approximate surface area is 234 Å². The molecule has 0 spiro atoms. The van der Waals surface area contributed by atoms with Crippen LogP contribution in [0.2, 0.25) is 0 Å². The first-order valence-electron chi connectivity index (χ1n) is 13.0. The van der Waals surface area contributed by atoms with E-state index in [9.17, 15) is 14.4 Å². The Hall–Kier alpha value is -4.59. The van der Waals surface area contributed by atoms with E-state index in [1.54, 1.807) is 44.4 Å². The zero-order valence-electron chi connectivity index (χ0n) is 23.0. The molecule has 0 amide bonds. The molecule has 3 aromatic rings. The maximum Gasteiger partial charge on any atom is 0.344 e. The topological polar surface area (TPSA) is 97.4 Å². The zero-order valence-corrected chi connectivity index (χ0v) is 23.0. The van der Waals surface area contributed by atoms with E-state index in [0.29, 0.717) is 23.5 Å². The molecule has 0 fully saturated rings. The quantitative estimate of drug-likeness (QED) is 0.132. The first-order valence-corrected chi connectivity index (χ1v) is 13.0. The molecule has 0 N–H and O–H groups in total. The van der Waals surface area contributed by atoms with Crippen molar-refractivity contribution >= 4 is 23.8 Å². The van der Waals surface area contributed by atoms with E-state index in [-0.39, 0.29) is 30.3 Å². The summed E-state index contributed by atoms with van der Waals surface area (Å²) in [7, 11) is 2.92. The number of hydrogen-bond donors (Lipinski definition) is 0. The number of unbranched alkanes of at least 4 members (excludes halogenated alkanes) is 2. The maximum absolute atomic E-state index is 13.2. The number of hydrogen-bond acceptors (Lipinski definition) is 8. The molecule has 0 bridgehead atoms. The number of methoxy groups -OCH3 is 2. The molecule has 0 aliphatic carbocycles. The summed E-state index contributed by atoms with van der Waals surface area (Å²) in [5.41, 5.74) is 2.01. The van der Waals surface area contributed by atoms with Gasteiger partial charge in [0.05, 0.1) is 33.0 Å². The molecule has 0 heterocycles. The van der Waals surface area contributed by atoms with Gasteiger partial charge in [0.1, 0.15) is 5.75 Å². The summed E-state index contributed by atoms with van der Waals surface area (Å²) in [5.74, 6) is 0.111. The number of rotatable bonds is 15. The van der Waals surface area contributed by atoms with Crippen molar-refractivity contribution in [2.24, 2.45) is 0 Å². The molecule has 0 aliphatic rings. The zero-order chi connectivity index (χ0) is 28.7. The van der Waals surface area contributed by atoms with Crippen molar-refractivity contribution in [2.75, 3.05) is 34.0 Å². The number of ether oxygens (including phenoxy) is 5. The van der Waals surface area contributed by atoms with Crippen molar-refractivity contribution in [3.05, 3.63) is 95.1 Å². The second kappa shape index (κ2) is 15.7. The van der Waals surface area contributed by atoms with Gasteiger partial charge in [-0.2, -0.15) is 0 Å². The Kier molecular flexibility index (Phi) is 11.8. The number of ketones is 1. The molecular formula is C32H34O8. The van der Waals surface area contributed by atoms with Crippen molar-refractivity contribution < 1.29 is 38.1 Å². The third kappa shape index (κ3) is 9.01. The lowest BCUT2D eigenvalue weighted by Crippen LogP contribution is -2.15. The molecule has 0 saturated carbocycles. The lowest BCUT2D eigenvalue weighted by Gasteiger charge is -2.14. The summed E-state index contributed by atoms with van der Waals surface area (Å²) < 4.78 is 26.5. The first-order chi connectivity index (χ1) is 19.4. The van der Waals surface area contributed by atoms with Gasteiger partial charge >= 0.3 is 11.9 Å². The van der Waals surface area contributed by atoms with Gasteiger partial charge in [0.25, 0.3) is 0 Å². The summed E-state index contributed by atoms with van der Waals surface area (Å²) in [6.07, 6.45) is 6.78. The van der Waals surface area contributed by atoms with E-state index in [1.165, 1.54) is 19.2 Å². The average Bonchev–Trinajstić information content (AvgIpc) is 2.99. The molecule has 3 aromatic carbocycles. The highest BCUT2D eigenvalue weighted by Crippen LogP contribution is 2.30. The highest BCUT2D eigenvalue weighted by Gasteiger charge is 2.17. The van der Waals surface area contributed by atoms with E-state index in [1.807, 2.05) is 24.3 Å². The van der Waals surface area contributed by atoms with Crippen molar-refractivity contribution in [2.45, 2.75) is 26.2 Å². The Bertz CT molecular complexity index is 1310. The van der Waals surface area contributed by atoms with Gasteiger partial charge in [-0.1, -0.05) is 36.4 Å². The third-order valence-corrected chi connectivity index (χ3v) is 5.85.